The first-order valence-corrected chi connectivity index (χ1v) is 13.9. The lowest BCUT2D eigenvalue weighted by atomic mass is 9.92. The summed E-state index contributed by atoms with van der Waals surface area (Å²) in [4.78, 5) is 63.7. The van der Waals surface area contributed by atoms with E-state index in [1.54, 1.807) is 0 Å². The molecule has 1 saturated heterocycles. The number of carboxylic acids is 3. The second kappa shape index (κ2) is 18.7. The summed E-state index contributed by atoms with van der Waals surface area (Å²) in [5.41, 5.74) is 11.0. The predicted molar refractivity (Wildman–Crippen MR) is 148 cm³/mol. The van der Waals surface area contributed by atoms with Gasteiger partial charge in [0.25, 0.3) is 0 Å². The van der Waals surface area contributed by atoms with Gasteiger partial charge in [0.05, 0.1) is 57.1 Å². The normalized spacial score (nSPS) is 21.7. The minimum atomic E-state index is -1.65. The molecule has 254 valence electrons. The molecule has 0 aromatic carbocycles. The lowest BCUT2D eigenvalue weighted by Gasteiger charge is -2.46. The van der Waals surface area contributed by atoms with E-state index in [9.17, 15) is 59.7 Å². The van der Waals surface area contributed by atoms with Crippen LogP contribution in [0.3, 0.4) is 0 Å². The Morgan fingerprint density at radius 1 is 0.659 bits per heavy atom. The van der Waals surface area contributed by atoms with Crippen molar-refractivity contribution in [3.05, 3.63) is 0 Å². The third kappa shape index (κ3) is 12.5. The fourth-order valence-corrected chi connectivity index (χ4v) is 5.42. The van der Waals surface area contributed by atoms with Gasteiger partial charge in [0, 0.05) is 38.0 Å². The number of nitrogens with zero attached hydrogens (tertiary/aromatic N) is 3. The molecule has 1 aliphatic rings. The van der Waals surface area contributed by atoms with Crippen LogP contribution in [0.25, 0.3) is 0 Å². The van der Waals surface area contributed by atoms with Crippen molar-refractivity contribution in [2.24, 2.45) is 11.5 Å². The summed E-state index contributed by atoms with van der Waals surface area (Å²) in [6.45, 7) is -4.36. The first kappa shape index (κ1) is 39.0. The Hall–Kier alpha value is -3.01. The van der Waals surface area contributed by atoms with Crippen molar-refractivity contribution in [3.8, 4) is 0 Å². The molecule has 2 amide bonds. The van der Waals surface area contributed by atoms with E-state index in [0.29, 0.717) is 19.3 Å². The fourth-order valence-electron chi connectivity index (χ4n) is 5.42. The highest BCUT2D eigenvalue weighted by molar-refractivity contribution is 5.81. The molecule has 0 bridgehead atoms. The number of aliphatic hydroxyl groups is 6. The molecule has 0 saturated carbocycles. The van der Waals surface area contributed by atoms with Crippen molar-refractivity contribution >= 4 is 29.7 Å². The zero-order chi connectivity index (χ0) is 33.7. The van der Waals surface area contributed by atoms with Crippen LogP contribution in [-0.4, -0.2) is 185 Å². The van der Waals surface area contributed by atoms with Crippen LogP contribution in [0.2, 0.25) is 0 Å². The number of primary amides is 2. The number of carbonyl (C=O) groups excluding carboxylic acids is 2. The number of aliphatic hydroxyl groups excluding tert-OH is 6. The molecule has 0 radical (unpaired) electrons. The molecule has 0 spiro atoms. The van der Waals surface area contributed by atoms with Crippen molar-refractivity contribution < 1.29 is 69.9 Å². The predicted octanol–water partition coefficient (Wildman–Crippen LogP) is -6.02. The third-order valence-electron chi connectivity index (χ3n) is 7.63. The van der Waals surface area contributed by atoms with Crippen LogP contribution in [-0.2, 0) is 24.0 Å². The van der Waals surface area contributed by atoms with Gasteiger partial charge in [-0.1, -0.05) is 6.42 Å². The van der Waals surface area contributed by atoms with Gasteiger partial charge in [0.1, 0.15) is 12.2 Å². The number of amides is 2. The average molecular weight is 640 g/mol. The molecule has 13 N–H and O–H groups in total. The van der Waals surface area contributed by atoms with Gasteiger partial charge in [-0.05, 0) is 12.8 Å². The molecule has 8 unspecified atom stereocenters. The van der Waals surface area contributed by atoms with Crippen LogP contribution in [0.4, 0.5) is 0 Å². The van der Waals surface area contributed by atoms with E-state index in [2.05, 4.69) is 0 Å². The number of aliphatic carboxylic acids is 3. The summed E-state index contributed by atoms with van der Waals surface area (Å²) in [5, 5.41) is 87.0. The summed E-state index contributed by atoms with van der Waals surface area (Å²) < 4.78 is 0. The quantitative estimate of drug-likeness (QED) is 0.0525. The summed E-state index contributed by atoms with van der Waals surface area (Å²) in [6, 6.07) is -4.41. The van der Waals surface area contributed by atoms with E-state index < -0.39 is 124 Å². The molecule has 0 aromatic rings. The monoisotopic (exact) mass is 639 g/mol. The number of rotatable bonds is 22. The van der Waals surface area contributed by atoms with Gasteiger partial charge in [0.2, 0.25) is 11.8 Å². The van der Waals surface area contributed by atoms with E-state index in [-0.39, 0.29) is 13.1 Å². The number of piperidine rings is 1. The topological polar surface area (TPSA) is 329 Å². The zero-order valence-corrected chi connectivity index (χ0v) is 24.2. The number of carboxylic acid groups (broad SMARTS) is 3. The Balaban J connectivity index is 3.42. The molecular weight excluding hydrogens is 594 g/mol. The molecule has 1 fully saturated rings. The van der Waals surface area contributed by atoms with Crippen LogP contribution < -0.4 is 11.5 Å². The van der Waals surface area contributed by atoms with Crippen molar-refractivity contribution in [3.63, 3.8) is 0 Å². The molecule has 19 nitrogen and oxygen atoms in total. The van der Waals surface area contributed by atoms with Gasteiger partial charge in [-0.15, -0.1) is 0 Å². The Kier molecular flexibility index (Phi) is 16.6. The summed E-state index contributed by atoms with van der Waals surface area (Å²) >= 11 is 0. The zero-order valence-electron chi connectivity index (χ0n) is 24.2. The highest BCUT2D eigenvalue weighted by Crippen LogP contribution is 2.27. The van der Waals surface area contributed by atoms with Gasteiger partial charge >= 0.3 is 17.9 Å². The average Bonchev–Trinajstić information content (AvgIpc) is 2.93. The SMILES string of the molecule is NC(=O)C(CC(O)C(O)CO)N(CC(=O)O)CC1CCCC(CN(CC(=O)O)C(CC(O)C(O)CO)C(N)=O)N1CC(=O)O. The minimum Gasteiger partial charge on any atom is -0.480 e. The number of carbonyl (C=O) groups is 5. The van der Waals surface area contributed by atoms with E-state index in [4.69, 9.17) is 21.7 Å². The van der Waals surface area contributed by atoms with E-state index in [0.717, 1.165) is 9.80 Å². The molecule has 44 heavy (non-hydrogen) atoms. The lowest BCUT2D eigenvalue weighted by Crippen LogP contribution is -2.61. The van der Waals surface area contributed by atoms with E-state index in [1.165, 1.54) is 4.90 Å². The van der Waals surface area contributed by atoms with Crippen molar-refractivity contribution in [1.82, 2.24) is 14.7 Å². The van der Waals surface area contributed by atoms with Gasteiger partial charge < -0.3 is 57.4 Å². The standard InChI is InChI=1S/C25H45N5O14/c26-24(43)15(4-17(33)19(35)11-31)28(8-21(37)38)6-13-2-1-3-14(30(13)10-23(41)42)7-29(9-22(39)40)16(25(27)44)5-18(34)20(36)12-32/h13-20,31-36H,1-12H2,(H2,26,43)(H2,27,44)(H,37,38)(H,39,40)(H,41,42). The van der Waals surface area contributed by atoms with Crippen LogP contribution in [0.15, 0.2) is 0 Å². The summed E-state index contributed by atoms with van der Waals surface area (Å²) in [5.74, 6) is -6.16. The molecule has 0 aliphatic carbocycles. The Morgan fingerprint density at radius 2 is 1.02 bits per heavy atom. The Bertz CT molecular complexity index is 908. The third-order valence-corrected chi connectivity index (χ3v) is 7.63. The maximum absolute atomic E-state index is 12.3. The fraction of sp³-hybridized carbons (Fsp3) is 0.800. The van der Waals surface area contributed by atoms with Crippen LogP contribution in [0.5, 0.6) is 0 Å². The first-order chi connectivity index (χ1) is 20.5. The van der Waals surface area contributed by atoms with Crippen LogP contribution >= 0.6 is 0 Å². The maximum Gasteiger partial charge on any atom is 0.317 e. The van der Waals surface area contributed by atoms with E-state index >= 15 is 0 Å². The number of hydrogen-bond donors (Lipinski definition) is 11. The highest BCUT2D eigenvalue weighted by atomic mass is 16.4. The van der Waals surface area contributed by atoms with Crippen molar-refractivity contribution in [2.45, 2.75) is 80.7 Å². The van der Waals surface area contributed by atoms with Gasteiger partial charge in [-0.25, -0.2) is 0 Å². The molecule has 0 aromatic heterocycles. The Morgan fingerprint density at radius 3 is 1.30 bits per heavy atom. The summed E-state index contributed by atoms with van der Waals surface area (Å²) in [7, 11) is 0. The number of likely N-dealkylation sites (tertiary alicyclic amines) is 1. The van der Waals surface area contributed by atoms with Gasteiger partial charge in [0.15, 0.2) is 0 Å². The largest absolute Gasteiger partial charge is 0.480 e. The second-order valence-corrected chi connectivity index (χ2v) is 10.9. The molecule has 8 atom stereocenters. The number of nitrogens with two attached hydrogens (primary N) is 2. The lowest BCUT2D eigenvalue weighted by molar-refractivity contribution is -0.145. The molecule has 1 rings (SSSR count). The van der Waals surface area contributed by atoms with Crippen molar-refractivity contribution in [1.29, 1.82) is 0 Å². The maximum atomic E-state index is 12.3. The van der Waals surface area contributed by atoms with Crippen LogP contribution in [0.1, 0.15) is 32.1 Å². The van der Waals surface area contributed by atoms with E-state index in [1.807, 2.05) is 0 Å². The first-order valence-electron chi connectivity index (χ1n) is 13.9. The second-order valence-electron chi connectivity index (χ2n) is 10.9. The smallest absolute Gasteiger partial charge is 0.317 e. The molecule has 1 heterocycles. The molecule has 19 heteroatoms. The Labute approximate surface area is 252 Å². The van der Waals surface area contributed by atoms with Crippen molar-refractivity contribution in [2.75, 3.05) is 45.9 Å². The minimum absolute atomic E-state index is 0.259. The molecule has 1 aliphatic heterocycles. The van der Waals surface area contributed by atoms with Gasteiger partial charge in [-0.3, -0.25) is 38.7 Å². The van der Waals surface area contributed by atoms with Gasteiger partial charge in [-0.2, -0.15) is 0 Å². The number of hydrogen-bond acceptors (Lipinski definition) is 14. The van der Waals surface area contributed by atoms with Crippen LogP contribution in [0, 0.1) is 0 Å². The highest BCUT2D eigenvalue weighted by Gasteiger charge is 2.40. The summed E-state index contributed by atoms with van der Waals surface area (Å²) in [6.07, 6.45) is -6.69. The molecular formula is C25H45N5O14.